The second-order valence-electron chi connectivity index (χ2n) is 4.09. The standard InChI is InChI=1S/C13H20ClNO3/c1-10(17)11-3-4-13(12(14)9-11)15(5-7-16)6-8-18-2/h3-4,9-10,16-17H,5-8H2,1-2H3. The third kappa shape index (κ3) is 4.14. The van der Waals surface area contributed by atoms with E-state index in [9.17, 15) is 5.11 Å². The van der Waals surface area contributed by atoms with E-state index in [1.165, 1.54) is 0 Å². The van der Waals surface area contributed by atoms with Crippen molar-refractivity contribution in [3.05, 3.63) is 28.8 Å². The smallest absolute Gasteiger partial charge is 0.0762 e. The van der Waals surface area contributed by atoms with E-state index in [1.54, 1.807) is 20.1 Å². The minimum absolute atomic E-state index is 0.0538. The zero-order chi connectivity index (χ0) is 13.5. The van der Waals surface area contributed by atoms with Gasteiger partial charge in [0.05, 0.1) is 30.0 Å². The quantitative estimate of drug-likeness (QED) is 0.796. The van der Waals surface area contributed by atoms with Crippen LogP contribution in [0.5, 0.6) is 0 Å². The number of anilines is 1. The first-order valence-corrected chi connectivity index (χ1v) is 6.30. The monoisotopic (exact) mass is 273 g/mol. The zero-order valence-electron chi connectivity index (χ0n) is 10.8. The molecule has 0 radical (unpaired) electrons. The van der Waals surface area contributed by atoms with Crippen LogP contribution < -0.4 is 4.90 Å². The first kappa shape index (κ1) is 15.2. The van der Waals surface area contributed by atoms with Gasteiger partial charge in [-0.3, -0.25) is 0 Å². The van der Waals surface area contributed by atoms with Gasteiger partial charge in [-0.25, -0.2) is 0 Å². The molecule has 0 aromatic heterocycles. The average Bonchev–Trinajstić information content (AvgIpc) is 2.34. The Morgan fingerprint density at radius 2 is 2.11 bits per heavy atom. The SMILES string of the molecule is COCCN(CCO)c1ccc(C(C)O)cc1Cl. The summed E-state index contributed by atoms with van der Waals surface area (Å²) in [5.74, 6) is 0. The first-order valence-electron chi connectivity index (χ1n) is 5.92. The molecule has 0 saturated heterocycles. The highest BCUT2D eigenvalue weighted by Crippen LogP contribution is 2.28. The van der Waals surface area contributed by atoms with E-state index in [2.05, 4.69) is 0 Å². The summed E-state index contributed by atoms with van der Waals surface area (Å²) in [4.78, 5) is 1.96. The molecule has 0 saturated carbocycles. The number of aliphatic hydroxyl groups excluding tert-OH is 2. The molecule has 4 nitrogen and oxygen atoms in total. The Labute approximate surface area is 113 Å². The van der Waals surface area contributed by atoms with Crippen LogP contribution in [0.1, 0.15) is 18.6 Å². The predicted molar refractivity (Wildman–Crippen MR) is 73.3 cm³/mol. The molecule has 0 aliphatic carbocycles. The Hall–Kier alpha value is -0.810. The van der Waals surface area contributed by atoms with Gasteiger partial charge in [0.25, 0.3) is 0 Å². The second kappa shape index (κ2) is 7.59. The molecule has 1 rings (SSSR count). The van der Waals surface area contributed by atoms with E-state index in [0.717, 1.165) is 11.3 Å². The second-order valence-corrected chi connectivity index (χ2v) is 4.50. The fraction of sp³-hybridized carbons (Fsp3) is 0.538. The molecule has 102 valence electrons. The number of aliphatic hydroxyl groups is 2. The predicted octanol–water partition coefficient (Wildman–Crippen LogP) is 1.84. The summed E-state index contributed by atoms with van der Waals surface area (Å²) < 4.78 is 5.04. The largest absolute Gasteiger partial charge is 0.395 e. The Kier molecular flexibility index (Phi) is 6.43. The molecule has 18 heavy (non-hydrogen) atoms. The molecule has 0 bridgehead atoms. The van der Waals surface area contributed by atoms with Crippen molar-refractivity contribution in [3.8, 4) is 0 Å². The number of halogens is 1. The van der Waals surface area contributed by atoms with Gasteiger partial charge in [-0.15, -0.1) is 0 Å². The van der Waals surface area contributed by atoms with E-state index in [4.69, 9.17) is 21.4 Å². The zero-order valence-corrected chi connectivity index (χ0v) is 11.5. The molecule has 1 aromatic rings. The van der Waals surface area contributed by atoms with E-state index in [0.29, 0.717) is 24.7 Å². The Bertz CT molecular complexity index is 371. The minimum atomic E-state index is -0.540. The number of methoxy groups -OCH3 is 1. The molecule has 1 aromatic carbocycles. The number of ether oxygens (including phenoxy) is 1. The molecule has 5 heteroatoms. The van der Waals surface area contributed by atoms with Crippen molar-refractivity contribution >= 4 is 17.3 Å². The molecular weight excluding hydrogens is 254 g/mol. The molecule has 0 spiro atoms. The summed E-state index contributed by atoms with van der Waals surface area (Å²) in [6.45, 7) is 3.47. The molecule has 1 unspecified atom stereocenters. The molecule has 2 N–H and O–H groups in total. The summed E-state index contributed by atoms with van der Waals surface area (Å²) in [7, 11) is 1.63. The van der Waals surface area contributed by atoms with Crippen molar-refractivity contribution in [1.82, 2.24) is 0 Å². The minimum Gasteiger partial charge on any atom is -0.395 e. The van der Waals surface area contributed by atoms with E-state index >= 15 is 0 Å². The lowest BCUT2D eigenvalue weighted by Gasteiger charge is -2.25. The van der Waals surface area contributed by atoms with Gasteiger partial charge in [-0.05, 0) is 24.6 Å². The third-order valence-corrected chi connectivity index (χ3v) is 3.03. The highest BCUT2D eigenvalue weighted by atomic mass is 35.5. The Morgan fingerprint density at radius 1 is 1.39 bits per heavy atom. The van der Waals surface area contributed by atoms with Crippen molar-refractivity contribution in [2.24, 2.45) is 0 Å². The topological polar surface area (TPSA) is 52.9 Å². The van der Waals surface area contributed by atoms with Crippen LogP contribution in [0.15, 0.2) is 18.2 Å². The summed E-state index contributed by atoms with van der Waals surface area (Å²) in [6.07, 6.45) is -0.540. The average molecular weight is 274 g/mol. The maximum atomic E-state index is 9.49. The van der Waals surface area contributed by atoms with E-state index < -0.39 is 6.10 Å². The molecule has 0 fully saturated rings. The van der Waals surface area contributed by atoms with Crippen molar-refractivity contribution in [2.45, 2.75) is 13.0 Å². The molecule has 1 atom stereocenters. The van der Waals surface area contributed by atoms with Gasteiger partial charge in [0.2, 0.25) is 0 Å². The normalized spacial score (nSPS) is 12.5. The van der Waals surface area contributed by atoms with Gasteiger partial charge >= 0.3 is 0 Å². The fourth-order valence-corrected chi connectivity index (χ4v) is 2.02. The maximum Gasteiger partial charge on any atom is 0.0762 e. The summed E-state index contributed by atoms with van der Waals surface area (Å²) in [5.41, 5.74) is 1.62. The molecule has 0 heterocycles. The Balaban J connectivity index is 2.90. The fourth-order valence-electron chi connectivity index (χ4n) is 1.71. The van der Waals surface area contributed by atoms with Gasteiger partial charge in [0.15, 0.2) is 0 Å². The van der Waals surface area contributed by atoms with Gasteiger partial charge in [0, 0.05) is 20.2 Å². The van der Waals surface area contributed by atoms with Crippen molar-refractivity contribution in [3.63, 3.8) is 0 Å². The van der Waals surface area contributed by atoms with Crippen LogP contribution in [0.3, 0.4) is 0 Å². The van der Waals surface area contributed by atoms with Gasteiger partial charge in [-0.1, -0.05) is 17.7 Å². The van der Waals surface area contributed by atoms with Crippen molar-refractivity contribution < 1.29 is 14.9 Å². The summed E-state index contributed by atoms with van der Waals surface area (Å²) in [5, 5.41) is 19.1. The summed E-state index contributed by atoms with van der Waals surface area (Å²) in [6, 6.07) is 5.44. The highest BCUT2D eigenvalue weighted by molar-refractivity contribution is 6.33. The number of hydrogen-bond acceptors (Lipinski definition) is 4. The van der Waals surface area contributed by atoms with Gasteiger partial charge < -0.3 is 19.8 Å². The number of hydrogen-bond donors (Lipinski definition) is 2. The van der Waals surface area contributed by atoms with Gasteiger partial charge in [-0.2, -0.15) is 0 Å². The van der Waals surface area contributed by atoms with Crippen molar-refractivity contribution in [1.29, 1.82) is 0 Å². The number of nitrogens with zero attached hydrogens (tertiary/aromatic N) is 1. The van der Waals surface area contributed by atoms with Gasteiger partial charge in [0.1, 0.15) is 0 Å². The van der Waals surface area contributed by atoms with Crippen LogP contribution in [0.4, 0.5) is 5.69 Å². The maximum absolute atomic E-state index is 9.49. The van der Waals surface area contributed by atoms with E-state index in [-0.39, 0.29) is 6.61 Å². The highest BCUT2D eigenvalue weighted by Gasteiger charge is 2.11. The van der Waals surface area contributed by atoms with Crippen molar-refractivity contribution in [2.75, 3.05) is 38.3 Å². The van der Waals surface area contributed by atoms with Crippen LogP contribution >= 0.6 is 11.6 Å². The van der Waals surface area contributed by atoms with Crippen LogP contribution in [-0.4, -0.2) is 43.6 Å². The first-order chi connectivity index (χ1) is 8.60. The van der Waals surface area contributed by atoms with Crippen LogP contribution in [0.2, 0.25) is 5.02 Å². The molecule has 0 aliphatic heterocycles. The lowest BCUT2D eigenvalue weighted by atomic mass is 10.1. The molecule has 0 aliphatic rings. The number of rotatable bonds is 7. The lowest BCUT2D eigenvalue weighted by molar-refractivity contribution is 0.199. The third-order valence-electron chi connectivity index (χ3n) is 2.73. The van der Waals surface area contributed by atoms with Crippen LogP contribution in [0, 0.1) is 0 Å². The van der Waals surface area contributed by atoms with Crippen LogP contribution in [-0.2, 0) is 4.74 Å². The van der Waals surface area contributed by atoms with E-state index in [1.807, 2.05) is 17.0 Å². The lowest BCUT2D eigenvalue weighted by Crippen LogP contribution is -2.30. The molecule has 0 amide bonds. The number of benzene rings is 1. The summed E-state index contributed by atoms with van der Waals surface area (Å²) >= 11 is 6.21. The van der Waals surface area contributed by atoms with Crippen LogP contribution in [0.25, 0.3) is 0 Å². The molecular formula is C13H20ClNO3. The Morgan fingerprint density at radius 3 is 2.61 bits per heavy atom.